The van der Waals surface area contributed by atoms with Crippen LogP contribution in [0.1, 0.15) is 30.4 Å². The van der Waals surface area contributed by atoms with Crippen LogP contribution in [0.15, 0.2) is 23.1 Å². The van der Waals surface area contributed by atoms with E-state index in [2.05, 4.69) is 0 Å². The Morgan fingerprint density at radius 3 is 2.65 bits per heavy atom. The van der Waals surface area contributed by atoms with Crippen molar-refractivity contribution in [2.24, 2.45) is 5.92 Å². The first-order valence-corrected chi connectivity index (χ1v) is 9.94. The quantitative estimate of drug-likeness (QED) is 0.846. The van der Waals surface area contributed by atoms with E-state index in [1.807, 2.05) is 12.1 Å². The molecule has 1 atom stereocenters. The van der Waals surface area contributed by atoms with Crippen molar-refractivity contribution in [2.45, 2.75) is 43.3 Å². The van der Waals surface area contributed by atoms with Crippen LogP contribution < -0.4 is 0 Å². The van der Waals surface area contributed by atoms with Gasteiger partial charge in [-0.15, -0.1) is 0 Å². The summed E-state index contributed by atoms with van der Waals surface area (Å²) in [6.07, 6.45) is 4.76. The average Bonchev–Trinajstić information content (AvgIpc) is 3.25. The van der Waals surface area contributed by atoms with Crippen molar-refractivity contribution in [2.75, 3.05) is 26.3 Å². The zero-order valence-corrected chi connectivity index (χ0v) is 14.1. The Balaban J connectivity index is 1.55. The van der Waals surface area contributed by atoms with E-state index in [0.717, 1.165) is 32.1 Å². The Kier molecular flexibility index (Phi) is 4.17. The van der Waals surface area contributed by atoms with Crippen LogP contribution in [0.5, 0.6) is 0 Å². The number of hydrogen-bond donors (Lipinski definition) is 0. The Hall–Kier alpha value is -0.950. The Morgan fingerprint density at radius 1 is 1.04 bits per heavy atom. The van der Waals surface area contributed by atoms with Crippen LogP contribution in [-0.4, -0.2) is 45.3 Å². The van der Waals surface area contributed by atoms with Gasteiger partial charge in [0.2, 0.25) is 10.0 Å². The lowest BCUT2D eigenvalue weighted by Gasteiger charge is -2.34. The summed E-state index contributed by atoms with van der Waals surface area (Å²) in [6, 6.07) is 5.63. The predicted molar refractivity (Wildman–Crippen MR) is 85.6 cm³/mol. The molecule has 0 radical (unpaired) electrons. The van der Waals surface area contributed by atoms with Crippen molar-refractivity contribution < 1.29 is 17.9 Å². The summed E-state index contributed by atoms with van der Waals surface area (Å²) in [4.78, 5) is 0.437. The molecule has 0 saturated carbocycles. The summed E-state index contributed by atoms with van der Waals surface area (Å²) in [7, 11) is -3.42. The smallest absolute Gasteiger partial charge is 0.243 e. The van der Waals surface area contributed by atoms with Gasteiger partial charge in [-0.25, -0.2) is 8.42 Å². The molecule has 1 aromatic carbocycles. The third-order valence-corrected chi connectivity index (χ3v) is 7.02. The Labute approximate surface area is 137 Å². The second kappa shape index (κ2) is 6.16. The van der Waals surface area contributed by atoms with Crippen molar-refractivity contribution in [3.63, 3.8) is 0 Å². The second-order valence-electron chi connectivity index (χ2n) is 6.66. The van der Waals surface area contributed by atoms with Crippen molar-refractivity contribution in [3.05, 3.63) is 29.3 Å². The molecule has 0 aromatic heterocycles. The van der Waals surface area contributed by atoms with Crippen molar-refractivity contribution >= 4 is 10.0 Å². The number of rotatable bonds is 3. The van der Waals surface area contributed by atoms with Crippen LogP contribution in [0.25, 0.3) is 0 Å². The SMILES string of the molecule is O=S(=O)(c1ccc2c(c1)CCC2)N1CCC[C@H](C2OCCO2)C1. The van der Waals surface area contributed by atoms with Crippen molar-refractivity contribution in [1.29, 1.82) is 0 Å². The lowest BCUT2D eigenvalue weighted by atomic mass is 9.99. The summed E-state index contributed by atoms with van der Waals surface area (Å²) >= 11 is 0. The van der Waals surface area contributed by atoms with E-state index >= 15 is 0 Å². The number of nitrogens with zero attached hydrogens (tertiary/aromatic N) is 1. The molecule has 1 aliphatic carbocycles. The Morgan fingerprint density at radius 2 is 1.83 bits per heavy atom. The number of aryl methyl sites for hydroxylation is 2. The van der Waals surface area contributed by atoms with Crippen LogP contribution >= 0.6 is 0 Å². The zero-order chi connectivity index (χ0) is 15.9. The lowest BCUT2D eigenvalue weighted by Crippen LogP contribution is -2.43. The maximum Gasteiger partial charge on any atom is 0.243 e. The number of ether oxygens (including phenoxy) is 2. The van der Waals surface area contributed by atoms with Gasteiger partial charge in [-0.05, 0) is 55.4 Å². The van der Waals surface area contributed by atoms with Gasteiger partial charge in [0.1, 0.15) is 0 Å². The molecule has 2 fully saturated rings. The van der Waals surface area contributed by atoms with Crippen LogP contribution in [0.4, 0.5) is 0 Å². The monoisotopic (exact) mass is 337 g/mol. The van der Waals surface area contributed by atoms with Crippen molar-refractivity contribution in [3.8, 4) is 0 Å². The highest BCUT2D eigenvalue weighted by Gasteiger charge is 2.36. The number of sulfonamides is 1. The highest BCUT2D eigenvalue weighted by atomic mass is 32.2. The van der Waals surface area contributed by atoms with Gasteiger partial charge in [0.05, 0.1) is 18.1 Å². The number of hydrogen-bond acceptors (Lipinski definition) is 4. The molecule has 0 bridgehead atoms. The maximum absolute atomic E-state index is 13.0. The molecule has 0 spiro atoms. The molecule has 0 N–H and O–H groups in total. The largest absolute Gasteiger partial charge is 0.350 e. The molecular weight excluding hydrogens is 314 g/mol. The van der Waals surface area contributed by atoms with Crippen LogP contribution in [0.3, 0.4) is 0 Å². The van der Waals surface area contributed by atoms with Gasteiger partial charge in [-0.3, -0.25) is 0 Å². The minimum absolute atomic E-state index is 0.135. The van der Waals surface area contributed by atoms with E-state index in [1.54, 1.807) is 10.4 Å². The molecule has 2 heterocycles. The zero-order valence-electron chi connectivity index (χ0n) is 13.2. The van der Waals surface area contributed by atoms with E-state index < -0.39 is 10.0 Å². The van der Waals surface area contributed by atoms with E-state index in [4.69, 9.17) is 9.47 Å². The van der Waals surface area contributed by atoms with Crippen molar-refractivity contribution in [1.82, 2.24) is 4.31 Å². The molecule has 5 nitrogen and oxygen atoms in total. The highest BCUT2D eigenvalue weighted by Crippen LogP contribution is 2.30. The summed E-state index contributed by atoms with van der Waals surface area (Å²) in [5.41, 5.74) is 2.50. The van der Waals surface area contributed by atoms with Gasteiger partial charge in [-0.2, -0.15) is 4.31 Å². The highest BCUT2D eigenvalue weighted by molar-refractivity contribution is 7.89. The van der Waals surface area contributed by atoms with Gasteiger partial charge < -0.3 is 9.47 Å². The third-order valence-electron chi connectivity index (χ3n) is 5.16. The Bertz CT molecular complexity index is 682. The fourth-order valence-electron chi connectivity index (χ4n) is 3.92. The number of fused-ring (bicyclic) bond motifs is 1. The van der Waals surface area contributed by atoms with E-state index in [-0.39, 0.29) is 12.2 Å². The molecule has 23 heavy (non-hydrogen) atoms. The molecule has 2 saturated heterocycles. The molecule has 126 valence electrons. The standard InChI is InChI=1S/C17H23NO4S/c19-23(20,16-7-6-13-3-1-4-14(13)11-16)18-8-2-5-15(12-18)17-21-9-10-22-17/h6-7,11,15,17H,1-5,8-10,12H2/t15-/m0/s1. The average molecular weight is 337 g/mol. The van der Waals surface area contributed by atoms with Gasteiger partial charge in [0, 0.05) is 19.0 Å². The first-order valence-electron chi connectivity index (χ1n) is 8.50. The summed E-state index contributed by atoms with van der Waals surface area (Å²) in [6.45, 7) is 2.30. The first kappa shape index (κ1) is 15.6. The third kappa shape index (κ3) is 2.93. The van der Waals surface area contributed by atoms with Gasteiger partial charge >= 0.3 is 0 Å². The van der Waals surface area contributed by atoms with E-state index in [9.17, 15) is 8.42 Å². The summed E-state index contributed by atoms with van der Waals surface area (Å²) < 4.78 is 38.7. The van der Waals surface area contributed by atoms with Gasteiger partial charge in [-0.1, -0.05) is 6.07 Å². The van der Waals surface area contributed by atoms with E-state index in [0.29, 0.717) is 31.2 Å². The second-order valence-corrected chi connectivity index (χ2v) is 8.60. The molecule has 3 aliphatic rings. The minimum Gasteiger partial charge on any atom is -0.350 e. The summed E-state index contributed by atoms with van der Waals surface area (Å²) in [5.74, 6) is 0.135. The molecule has 2 aliphatic heterocycles. The lowest BCUT2D eigenvalue weighted by molar-refractivity contribution is -0.0940. The first-order chi connectivity index (χ1) is 11.1. The van der Waals surface area contributed by atoms with Crippen LogP contribution in [0.2, 0.25) is 0 Å². The molecule has 1 aromatic rings. The maximum atomic E-state index is 13.0. The minimum atomic E-state index is -3.42. The van der Waals surface area contributed by atoms with Crippen LogP contribution in [-0.2, 0) is 32.3 Å². The topological polar surface area (TPSA) is 55.8 Å². The van der Waals surface area contributed by atoms with E-state index in [1.165, 1.54) is 11.1 Å². The normalized spacial score (nSPS) is 26.5. The van der Waals surface area contributed by atoms with Crippen LogP contribution in [0, 0.1) is 5.92 Å². The number of benzene rings is 1. The molecular formula is C17H23NO4S. The van der Waals surface area contributed by atoms with Gasteiger partial charge in [0.15, 0.2) is 6.29 Å². The molecule has 4 rings (SSSR count). The fraction of sp³-hybridized carbons (Fsp3) is 0.647. The molecule has 0 unspecified atom stereocenters. The molecule has 6 heteroatoms. The summed E-state index contributed by atoms with van der Waals surface area (Å²) in [5, 5.41) is 0. The predicted octanol–water partition coefficient (Wildman–Crippen LogP) is 1.95. The molecule has 0 amide bonds. The van der Waals surface area contributed by atoms with Gasteiger partial charge in [0.25, 0.3) is 0 Å². The fourth-order valence-corrected chi connectivity index (χ4v) is 5.51. The number of piperidine rings is 1.